The third-order valence-corrected chi connectivity index (χ3v) is 8.52. The van der Waals surface area contributed by atoms with Gasteiger partial charge in [-0.1, -0.05) is 63.3 Å². The molecule has 0 nitrogen and oxygen atoms in total. The van der Waals surface area contributed by atoms with E-state index >= 15 is 0 Å². The Labute approximate surface area is 148 Å². The molecular weight excluding hydrogens is 288 g/mol. The predicted molar refractivity (Wildman–Crippen MR) is 104 cm³/mol. The second kappa shape index (κ2) is 5.23. The molecule has 0 saturated heterocycles. The molecule has 0 bridgehead atoms. The molecule has 0 radical (unpaired) electrons. The molecule has 4 aliphatic carbocycles. The van der Waals surface area contributed by atoms with Crippen LogP contribution in [0.25, 0.3) is 0 Å². The minimum absolute atomic E-state index is 0.288. The Morgan fingerprint density at radius 2 is 1.96 bits per heavy atom. The SMILES string of the molecule is C=C1C=CC2(C)C(=C1)CCC1C2CCC2(C)C1CC(C)C2C(=C)C. The van der Waals surface area contributed by atoms with Gasteiger partial charge in [-0.2, -0.15) is 0 Å². The zero-order valence-corrected chi connectivity index (χ0v) is 16.1. The molecular formula is C24H34. The third kappa shape index (κ3) is 2.04. The second-order valence-electron chi connectivity index (χ2n) is 9.86. The van der Waals surface area contributed by atoms with Crippen molar-refractivity contribution >= 4 is 0 Å². The molecule has 4 aliphatic rings. The molecule has 4 rings (SSSR count). The fraction of sp³-hybridized carbons (Fsp3) is 0.667. The quantitative estimate of drug-likeness (QED) is 0.470. The normalized spacial score (nSPS) is 49.9. The van der Waals surface area contributed by atoms with Crippen molar-refractivity contribution in [2.45, 2.75) is 59.8 Å². The van der Waals surface area contributed by atoms with Crippen LogP contribution in [0.5, 0.6) is 0 Å². The Morgan fingerprint density at radius 1 is 1.21 bits per heavy atom. The Bertz CT molecular complexity index is 647. The van der Waals surface area contributed by atoms with E-state index in [-0.39, 0.29) is 5.41 Å². The topological polar surface area (TPSA) is 0 Å². The Kier molecular flexibility index (Phi) is 3.58. The van der Waals surface area contributed by atoms with Gasteiger partial charge in [0.25, 0.3) is 0 Å². The van der Waals surface area contributed by atoms with Crippen molar-refractivity contribution in [1.82, 2.24) is 0 Å². The van der Waals surface area contributed by atoms with E-state index < -0.39 is 0 Å². The third-order valence-electron chi connectivity index (χ3n) is 8.52. The maximum atomic E-state index is 4.39. The van der Waals surface area contributed by atoms with Gasteiger partial charge in [0.05, 0.1) is 0 Å². The molecule has 0 heterocycles. The summed E-state index contributed by atoms with van der Waals surface area (Å²) in [6.45, 7) is 18.4. The summed E-state index contributed by atoms with van der Waals surface area (Å²) < 4.78 is 0. The maximum Gasteiger partial charge on any atom is 0.0100 e. The van der Waals surface area contributed by atoms with Crippen LogP contribution in [-0.2, 0) is 0 Å². The number of allylic oxidation sites excluding steroid dienone is 6. The van der Waals surface area contributed by atoms with Crippen molar-refractivity contribution in [2.24, 2.45) is 40.4 Å². The lowest BCUT2D eigenvalue weighted by atomic mass is 9.47. The van der Waals surface area contributed by atoms with Gasteiger partial charge in [-0.05, 0) is 79.6 Å². The Balaban J connectivity index is 1.70. The summed E-state index contributed by atoms with van der Waals surface area (Å²) in [5, 5.41) is 0. The first-order valence-electron chi connectivity index (χ1n) is 10.0. The average molecular weight is 323 g/mol. The van der Waals surface area contributed by atoms with Crippen molar-refractivity contribution in [3.8, 4) is 0 Å². The molecule has 0 aromatic carbocycles. The van der Waals surface area contributed by atoms with Crippen molar-refractivity contribution in [3.05, 3.63) is 48.1 Å². The number of rotatable bonds is 1. The molecule has 0 aromatic rings. The van der Waals surface area contributed by atoms with Gasteiger partial charge in [0, 0.05) is 5.41 Å². The van der Waals surface area contributed by atoms with Crippen molar-refractivity contribution in [1.29, 1.82) is 0 Å². The van der Waals surface area contributed by atoms with Crippen LogP contribution in [0, 0.1) is 40.4 Å². The largest absolute Gasteiger partial charge is 0.0998 e. The highest BCUT2D eigenvalue weighted by Crippen LogP contribution is 2.68. The fourth-order valence-electron chi connectivity index (χ4n) is 7.69. The van der Waals surface area contributed by atoms with Crippen LogP contribution < -0.4 is 0 Å². The molecule has 0 N–H and O–H groups in total. The highest BCUT2D eigenvalue weighted by Gasteiger charge is 2.60. The van der Waals surface area contributed by atoms with E-state index in [9.17, 15) is 0 Å². The molecule has 7 atom stereocenters. The highest BCUT2D eigenvalue weighted by atomic mass is 14.6. The minimum Gasteiger partial charge on any atom is -0.0998 e. The lowest BCUT2D eigenvalue weighted by Crippen LogP contribution is -2.49. The van der Waals surface area contributed by atoms with Crippen molar-refractivity contribution in [2.75, 3.05) is 0 Å². The average Bonchev–Trinajstić information content (AvgIpc) is 2.78. The maximum absolute atomic E-state index is 4.39. The second-order valence-corrected chi connectivity index (χ2v) is 9.86. The van der Waals surface area contributed by atoms with Crippen LogP contribution in [-0.4, -0.2) is 0 Å². The van der Waals surface area contributed by atoms with E-state index in [0.29, 0.717) is 5.41 Å². The lowest BCUT2D eigenvalue weighted by molar-refractivity contribution is -0.0281. The molecule has 0 aromatic heterocycles. The molecule has 130 valence electrons. The van der Waals surface area contributed by atoms with Crippen LogP contribution in [0.15, 0.2) is 48.1 Å². The summed E-state index contributed by atoms with van der Waals surface area (Å²) in [6, 6.07) is 0. The van der Waals surface area contributed by atoms with E-state index in [1.807, 2.05) is 0 Å². The molecule has 0 aliphatic heterocycles. The number of hydrogen-bond acceptors (Lipinski definition) is 0. The smallest absolute Gasteiger partial charge is 0.0100 e. The van der Waals surface area contributed by atoms with Gasteiger partial charge in [0.2, 0.25) is 0 Å². The molecule has 0 heteroatoms. The molecule has 0 amide bonds. The summed E-state index contributed by atoms with van der Waals surface area (Å²) in [6.07, 6.45) is 14.0. The van der Waals surface area contributed by atoms with Crippen LogP contribution in [0.1, 0.15) is 59.8 Å². The standard InChI is InChI=1S/C24H34/c1-15(2)22-17(4)14-21-19-8-7-18-13-16(3)9-11-23(18,5)20(19)10-12-24(21,22)6/h9,11,13,17,19-22H,1,3,7-8,10,12,14H2,2,4-6H3. The molecule has 0 spiro atoms. The summed E-state index contributed by atoms with van der Waals surface area (Å²) in [4.78, 5) is 0. The molecule has 3 saturated carbocycles. The highest BCUT2D eigenvalue weighted by molar-refractivity contribution is 5.43. The van der Waals surface area contributed by atoms with Gasteiger partial charge < -0.3 is 0 Å². The van der Waals surface area contributed by atoms with Gasteiger partial charge in [0.1, 0.15) is 0 Å². The van der Waals surface area contributed by atoms with E-state index in [4.69, 9.17) is 0 Å². The first-order chi connectivity index (χ1) is 11.3. The number of hydrogen-bond donors (Lipinski definition) is 0. The van der Waals surface area contributed by atoms with Gasteiger partial charge in [0.15, 0.2) is 0 Å². The summed E-state index contributed by atoms with van der Waals surface area (Å²) in [5.74, 6) is 4.16. The first-order valence-corrected chi connectivity index (χ1v) is 10.0. The Hall–Kier alpha value is -1.04. The molecule has 3 fully saturated rings. The lowest BCUT2D eigenvalue weighted by Gasteiger charge is -2.57. The predicted octanol–water partition coefficient (Wildman–Crippen LogP) is 6.72. The van der Waals surface area contributed by atoms with Gasteiger partial charge in [-0.15, -0.1) is 0 Å². The van der Waals surface area contributed by atoms with Gasteiger partial charge >= 0.3 is 0 Å². The van der Waals surface area contributed by atoms with E-state index in [0.717, 1.165) is 29.6 Å². The van der Waals surface area contributed by atoms with Gasteiger partial charge in [-0.3, -0.25) is 0 Å². The van der Waals surface area contributed by atoms with Crippen molar-refractivity contribution in [3.63, 3.8) is 0 Å². The molecule has 7 unspecified atom stereocenters. The molecule has 24 heavy (non-hydrogen) atoms. The number of fused-ring (bicyclic) bond motifs is 5. The minimum atomic E-state index is 0.288. The zero-order chi connectivity index (χ0) is 17.3. The Morgan fingerprint density at radius 3 is 2.67 bits per heavy atom. The zero-order valence-electron chi connectivity index (χ0n) is 16.1. The van der Waals surface area contributed by atoms with Crippen LogP contribution in [0.3, 0.4) is 0 Å². The van der Waals surface area contributed by atoms with Crippen LogP contribution in [0.4, 0.5) is 0 Å². The first kappa shape index (κ1) is 16.4. The fourth-order valence-corrected chi connectivity index (χ4v) is 7.69. The summed E-state index contributed by atoms with van der Waals surface area (Å²) in [5.41, 5.74) is 5.06. The van der Waals surface area contributed by atoms with Crippen LogP contribution in [0.2, 0.25) is 0 Å². The van der Waals surface area contributed by atoms with Crippen LogP contribution >= 0.6 is 0 Å². The van der Waals surface area contributed by atoms with Crippen molar-refractivity contribution < 1.29 is 0 Å². The summed E-state index contributed by atoms with van der Waals surface area (Å²) >= 11 is 0. The van der Waals surface area contributed by atoms with Gasteiger partial charge in [-0.25, -0.2) is 0 Å². The summed E-state index contributed by atoms with van der Waals surface area (Å²) in [7, 11) is 0. The van der Waals surface area contributed by atoms with E-state index in [2.05, 4.69) is 59.1 Å². The monoisotopic (exact) mass is 322 g/mol. The van der Waals surface area contributed by atoms with E-state index in [1.165, 1.54) is 43.3 Å². The van der Waals surface area contributed by atoms with E-state index in [1.54, 1.807) is 5.57 Å².